The first-order valence-electron chi connectivity index (χ1n) is 5.97. The molecule has 0 aromatic heterocycles. The number of Topliss-reactive ketones (excluding diaryl/α,β-unsaturated/α-hetero) is 1. The van der Waals surface area contributed by atoms with Crippen LogP contribution in [0.1, 0.15) is 40.5 Å². The summed E-state index contributed by atoms with van der Waals surface area (Å²) in [5.41, 5.74) is -0.534. The molecule has 5 nitrogen and oxygen atoms in total. The molecule has 0 spiro atoms. The van der Waals surface area contributed by atoms with Crippen molar-refractivity contribution in [3.63, 3.8) is 0 Å². The third kappa shape index (κ3) is 4.34. The summed E-state index contributed by atoms with van der Waals surface area (Å²) in [6.45, 7) is 7.68. The third-order valence-electron chi connectivity index (χ3n) is 2.46. The molecular weight excluding hydrogens is 222 g/mol. The lowest BCUT2D eigenvalue weighted by molar-refractivity contribution is -0.128. The van der Waals surface area contributed by atoms with Gasteiger partial charge in [0.1, 0.15) is 11.7 Å². The highest BCUT2D eigenvalue weighted by Crippen LogP contribution is 2.16. The van der Waals surface area contributed by atoms with Crippen molar-refractivity contribution in [1.82, 2.24) is 5.32 Å². The minimum absolute atomic E-state index is 0.0172. The summed E-state index contributed by atoms with van der Waals surface area (Å²) >= 11 is 0. The molecule has 98 valence electrons. The van der Waals surface area contributed by atoms with E-state index in [4.69, 9.17) is 9.47 Å². The zero-order valence-electron chi connectivity index (χ0n) is 10.9. The summed E-state index contributed by atoms with van der Waals surface area (Å²) < 4.78 is 10.5. The van der Waals surface area contributed by atoms with Gasteiger partial charge in [-0.25, -0.2) is 4.79 Å². The van der Waals surface area contributed by atoms with E-state index in [1.807, 2.05) is 0 Å². The van der Waals surface area contributed by atoms with Gasteiger partial charge in [0.2, 0.25) is 0 Å². The number of ketones is 1. The van der Waals surface area contributed by atoms with E-state index in [2.05, 4.69) is 5.32 Å². The van der Waals surface area contributed by atoms with Crippen molar-refractivity contribution in [3.05, 3.63) is 0 Å². The average molecular weight is 243 g/mol. The maximum atomic E-state index is 11.6. The Morgan fingerprint density at radius 1 is 1.41 bits per heavy atom. The molecule has 1 aliphatic rings. The SMILES string of the molecule is CCC(=O)[C@@H]1OCC[C@@H]1NC(=O)OC(C)(C)C. The standard InChI is InChI=1S/C12H21NO4/c1-5-9(14)10-8(6-7-16-10)13-11(15)17-12(2,3)4/h8,10H,5-7H2,1-4H3,(H,13,15)/t8-,10+/m0/s1. The Kier molecular flexibility index (Phi) is 4.51. The molecule has 0 aromatic carbocycles. The van der Waals surface area contributed by atoms with E-state index >= 15 is 0 Å². The fourth-order valence-electron chi connectivity index (χ4n) is 1.71. The Morgan fingerprint density at radius 2 is 2.06 bits per heavy atom. The van der Waals surface area contributed by atoms with E-state index < -0.39 is 17.8 Å². The Morgan fingerprint density at radius 3 is 2.59 bits per heavy atom. The highest BCUT2D eigenvalue weighted by atomic mass is 16.6. The van der Waals surface area contributed by atoms with Gasteiger partial charge in [-0.05, 0) is 27.2 Å². The molecule has 0 aromatic rings. The van der Waals surface area contributed by atoms with Crippen LogP contribution in [0.4, 0.5) is 4.79 Å². The zero-order chi connectivity index (χ0) is 13.1. The molecule has 0 bridgehead atoms. The number of carbonyl (C=O) groups is 2. The average Bonchev–Trinajstić information content (AvgIpc) is 2.61. The molecule has 0 aliphatic carbocycles. The van der Waals surface area contributed by atoms with Crippen molar-refractivity contribution < 1.29 is 19.1 Å². The maximum absolute atomic E-state index is 11.6. The smallest absolute Gasteiger partial charge is 0.407 e. The van der Waals surface area contributed by atoms with Gasteiger partial charge in [0.05, 0.1) is 6.04 Å². The van der Waals surface area contributed by atoms with Crippen molar-refractivity contribution in [2.75, 3.05) is 6.61 Å². The number of hydrogen-bond acceptors (Lipinski definition) is 4. The molecule has 1 aliphatic heterocycles. The molecule has 1 saturated heterocycles. The van der Waals surface area contributed by atoms with Crippen LogP contribution in [-0.2, 0) is 14.3 Å². The summed E-state index contributed by atoms with van der Waals surface area (Å²) in [5, 5.41) is 2.69. The number of carbonyl (C=O) groups excluding carboxylic acids is 2. The summed E-state index contributed by atoms with van der Waals surface area (Å²) in [7, 11) is 0. The summed E-state index contributed by atoms with van der Waals surface area (Å²) in [6, 6.07) is -0.266. The van der Waals surface area contributed by atoms with Crippen LogP contribution in [0, 0.1) is 0 Å². The molecule has 0 saturated carbocycles. The lowest BCUT2D eigenvalue weighted by Crippen LogP contribution is -2.45. The molecule has 5 heteroatoms. The topological polar surface area (TPSA) is 64.6 Å². The van der Waals surface area contributed by atoms with E-state index in [0.29, 0.717) is 19.4 Å². The third-order valence-corrected chi connectivity index (χ3v) is 2.46. The van der Waals surface area contributed by atoms with Gasteiger partial charge < -0.3 is 14.8 Å². The van der Waals surface area contributed by atoms with Crippen molar-refractivity contribution in [1.29, 1.82) is 0 Å². The zero-order valence-corrected chi connectivity index (χ0v) is 10.9. The van der Waals surface area contributed by atoms with Gasteiger partial charge in [0.15, 0.2) is 5.78 Å². The fourth-order valence-corrected chi connectivity index (χ4v) is 1.71. The van der Waals surface area contributed by atoms with Gasteiger partial charge in [0.25, 0.3) is 0 Å². The number of ether oxygens (including phenoxy) is 2. The fraction of sp³-hybridized carbons (Fsp3) is 0.833. The summed E-state index contributed by atoms with van der Waals surface area (Å²) in [4.78, 5) is 23.1. The monoisotopic (exact) mass is 243 g/mol. The van der Waals surface area contributed by atoms with Crippen LogP contribution >= 0.6 is 0 Å². The van der Waals surface area contributed by atoms with Crippen LogP contribution in [0.2, 0.25) is 0 Å². The van der Waals surface area contributed by atoms with Crippen LogP contribution in [0.5, 0.6) is 0 Å². The van der Waals surface area contributed by atoms with Gasteiger partial charge in [-0.3, -0.25) is 4.79 Å². The summed E-state index contributed by atoms with van der Waals surface area (Å²) in [6.07, 6.45) is 0.0433. The number of alkyl carbamates (subject to hydrolysis) is 1. The second-order valence-corrected chi connectivity index (χ2v) is 5.15. The molecule has 2 atom stereocenters. The van der Waals surface area contributed by atoms with Crippen molar-refractivity contribution in [2.45, 2.75) is 58.3 Å². The highest BCUT2D eigenvalue weighted by Gasteiger charge is 2.34. The molecular formula is C12H21NO4. The lowest BCUT2D eigenvalue weighted by Gasteiger charge is -2.23. The van der Waals surface area contributed by atoms with Gasteiger partial charge in [-0.2, -0.15) is 0 Å². The number of nitrogens with one attached hydrogen (secondary N) is 1. The molecule has 1 N–H and O–H groups in total. The number of amides is 1. The molecule has 0 unspecified atom stereocenters. The maximum Gasteiger partial charge on any atom is 0.407 e. The van der Waals surface area contributed by atoms with Crippen LogP contribution in [0.15, 0.2) is 0 Å². The van der Waals surface area contributed by atoms with Crippen LogP contribution in [0.3, 0.4) is 0 Å². The molecule has 1 rings (SSSR count). The largest absolute Gasteiger partial charge is 0.444 e. The number of hydrogen-bond donors (Lipinski definition) is 1. The predicted molar refractivity (Wildman–Crippen MR) is 62.8 cm³/mol. The normalized spacial score (nSPS) is 24.5. The first-order valence-corrected chi connectivity index (χ1v) is 5.97. The second kappa shape index (κ2) is 5.49. The van der Waals surface area contributed by atoms with E-state index in [-0.39, 0.29) is 11.8 Å². The van der Waals surface area contributed by atoms with Crippen molar-refractivity contribution in [3.8, 4) is 0 Å². The molecule has 1 fully saturated rings. The van der Waals surface area contributed by atoms with E-state index in [1.54, 1.807) is 27.7 Å². The molecule has 1 heterocycles. The Balaban J connectivity index is 2.50. The van der Waals surface area contributed by atoms with E-state index in [9.17, 15) is 9.59 Å². The van der Waals surface area contributed by atoms with Crippen LogP contribution in [0.25, 0.3) is 0 Å². The Bertz CT molecular complexity index is 295. The minimum atomic E-state index is -0.534. The molecule has 1 amide bonds. The molecule has 17 heavy (non-hydrogen) atoms. The molecule has 0 radical (unpaired) electrons. The Labute approximate surface area is 102 Å². The first kappa shape index (κ1) is 14.0. The number of rotatable bonds is 3. The highest BCUT2D eigenvalue weighted by molar-refractivity contribution is 5.84. The predicted octanol–water partition coefficient (Wildman–Crippen LogP) is 1.65. The van der Waals surface area contributed by atoms with Crippen LogP contribution < -0.4 is 5.32 Å². The second-order valence-electron chi connectivity index (χ2n) is 5.15. The lowest BCUT2D eigenvalue weighted by atomic mass is 10.1. The van der Waals surface area contributed by atoms with E-state index in [0.717, 1.165) is 0 Å². The van der Waals surface area contributed by atoms with Gasteiger partial charge in [-0.1, -0.05) is 6.92 Å². The summed E-state index contributed by atoms with van der Waals surface area (Å²) in [5.74, 6) is 0.0172. The minimum Gasteiger partial charge on any atom is -0.444 e. The van der Waals surface area contributed by atoms with Gasteiger partial charge in [-0.15, -0.1) is 0 Å². The first-order chi connectivity index (χ1) is 7.83. The van der Waals surface area contributed by atoms with Crippen LogP contribution in [-0.4, -0.2) is 36.2 Å². The Hall–Kier alpha value is -1.10. The van der Waals surface area contributed by atoms with Crippen molar-refractivity contribution in [2.24, 2.45) is 0 Å². The van der Waals surface area contributed by atoms with Crippen molar-refractivity contribution >= 4 is 11.9 Å². The van der Waals surface area contributed by atoms with Gasteiger partial charge >= 0.3 is 6.09 Å². The van der Waals surface area contributed by atoms with E-state index in [1.165, 1.54) is 0 Å². The van der Waals surface area contributed by atoms with Gasteiger partial charge in [0, 0.05) is 13.0 Å². The quantitative estimate of drug-likeness (QED) is 0.818.